The molecule has 0 unspecified atom stereocenters. The predicted octanol–water partition coefficient (Wildman–Crippen LogP) is 3.48. The fraction of sp³-hybridized carbons (Fsp3) is 0.261. The van der Waals surface area contributed by atoms with E-state index >= 15 is 0 Å². The zero-order chi connectivity index (χ0) is 21.5. The van der Waals surface area contributed by atoms with Crippen LogP contribution in [0, 0.1) is 11.5 Å². The van der Waals surface area contributed by atoms with Gasteiger partial charge in [0, 0.05) is 55.9 Å². The number of likely N-dealkylation sites (N-methyl/N-ethyl adjacent to an activating group) is 1. The Morgan fingerprint density at radius 2 is 1.58 bits per heavy atom. The van der Waals surface area contributed by atoms with Gasteiger partial charge in [-0.25, -0.2) is 9.97 Å². The van der Waals surface area contributed by atoms with E-state index in [2.05, 4.69) is 67.0 Å². The molecule has 8 nitrogen and oxygen atoms in total. The number of aromatic nitrogens is 2. The first-order valence-electron chi connectivity index (χ1n) is 10.3. The summed E-state index contributed by atoms with van der Waals surface area (Å²) in [5.41, 5.74) is 4.11. The van der Waals surface area contributed by atoms with Gasteiger partial charge in [-0.1, -0.05) is 12.1 Å². The summed E-state index contributed by atoms with van der Waals surface area (Å²) in [4.78, 5) is 13.4. The predicted molar refractivity (Wildman–Crippen MR) is 124 cm³/mol. The van der Waals surface area contributed by atoms with Crippen LogP contribution in [0.25, 0.3) is 0 Å². The fourth-order valence-electron chi connectivity index (χ4n) is 3.45. The van der Waals surface area contributed by atoms with Crippen LogP contribution in [0.4, 0.5) is 28.7 Å². The van der Waals surface area contributed by atoms with E-state index in [1.54, 1.807) is 6.33 Å². The molecule has 1 aliphatic heterocycles. The number of piperazine rings is 1. The van der Waals surface area contributed by atoms with Crippen molar-refractivity contribution in [3.63, 3.8) is 0 Å². The standard InChI is InChI=1S/C23H26N8/c1-30-10-12-31(13-11-30)21-8-6-20(7-9-21)29-23-14-22(27-17-28-23)25-15-18-2-4-19(5-3-18)26-16-24/h2-9,14,17,26H,10-13,15H2,1H3,(H2,25,27,28,29). The molecule has 1 aromatic heterocycles. The molecular formula is C23H26N8. The molecule has 2 heterocycles. The zero-order valence-electron chi connectivity index (χ0n) is 17.5. The van der Waals surface area contributed by atoms with Crippen molar-refractivity contribution in [3.05, 3.63) is 66.5 Å². The van der Waals surface area contributed by atoms with Crippen molar-refractivity contribution < 1.29 is 0 Å². The third-order valence-electron chi connectivity index (χ3n) is 5.30. The quantitative estimate of drug-likeness (QED) is 0.400. The van der Waals surface area contributed by atoms with Crippen molar-refractivity contribution in [1.29, 1.82) is 5.26 Å². The van der Waals surface area contributed by atoms with Crippen LogP contribution in [0.5, 0.6) is 0 Å². The highest BCUT2D eigenvalue weighted by Gasteiger charge is 2.14. The zero-order valence-corrected chi connectivity index (χ0v) is 17.5. The lowest BCUT2D eigenvalue weighted by molar-refractivity contribution is 0.313. The average molecular weight is 415 g/mol. The number of rotatable bonds is 7. The molecule has 1 aliphatic rings. The third kappa shape index (κ3) is 5.62. The van der Waals surface area contributed by atoms with E-state index in [0.717, 1.165) is 54.8 Å². The molecule has 3 aromatic rings. The van der Waals surface area contributed by atoms with Crippen LogP contribution in [0.1, 0.15) is 5.56 Å². The molecule has 8 heteroatoms. The molecule has 1 saturated heterocycles. The Kier molecular flexibility index (Phi) is 6.45. The summed E-state index contributed by atoms with van der Waals surface area (Å²) in [5, 5.41) is 17.9. The Hall–Kier alpha value is -3.83. The van der Waals surface area contributed by atoms with Crippen LogP contribution in [-0.4, -0.2) is 48.1 Å². The van der Waals surface area contributed by atoms with Gasteiger partial charge in [0.05, 0.1) is 0 Å². The first-order valence-corrected chi connectivity index (χ1v) is 10.3. The maximum Gasteiger partial charge on any atom is 0.181 e. The van der Waals surface area contributed by atoms with E-state index < -0.39 is 0 Å². The Balaban J connectivity index is 1.33. The minimum atomic E-state index is 0.628. The van der Waals surface area contributed by atoms with Gasteiger partial charge in [0.15, 0.2) is 6.19 Å². The Bertz CT molecular complexity index is 1020. The number of hydrogen-bond acceptors (Lipinski definition) is 8. The second-order valence-corrected chi connectivity index (χ2v) is 7.54. The molecule has 3 N–H and O–H groups in total. The SMILES string of the molecule is CN1CCN(c2ccc(Nc3cc(NCc4ccc(NC#N)cc4)ncn3)cc2)CC1. The lowest BCUT2D eigenvalue weighted by Gasteiger charge is -2.34. The summed E-state index contributed by atoms with van der Waals surface area (Å²) >= 11 is 0. The average Bonchev–Trinajstić information content (AvgIpc) is 2.80. The molecular weight excluding hydrogens is 388 g/mol. The molecule has 0 bridgehead atoms. The number of benzene rings is 2. The van der Waals surface area contributed by atoms with Gasteiger partial charge in [-0.2, -0.15) is 5.26 Å². The lowest BCUT2D eigenvalue weighted by Crippen LogP contribution is -2.44. The summed E-state index contributed by atoms with van der Waals surface area (Å²) in [5.74, 6) is 1.48. The highest BCUT2D eigenvalue weighted by atomic mass is 15.2. The normalized spacial score (nSPS) is 14.0. The molecule has 31 heavy (non-hydrogen) atoms. The van der Waals surface area contributed by atoms with Crippen molar-refractivity contribution in [2.24, 2.45) is 0 Å². The third-order valence-corrected chi connectivity index (χ3v) is 5.30. The van der Waals surface area contributed by atoms with Gasteiger partial charge in [0.25, 0.3) is 0 Å². The van der Waals surface area contributed by atoms with Crippen LogP contribution >= 0.6 is 0 Å². The highest BCUT2D eigenvalue weighted by molar-refractivity contribution is 5.62. The van der Waals surface area contributed by atoms with E-state index in [0.29, 0.717) is 6.54 Å². The van der Waals surface area contributed by atoms with Crippen LogP contribution in [0.3, 0.4) is 0 Å². The van der Waals surface area contributed by atoms with E-state index in [1.807, 2.05) is 36.5 Å². The van der Waals surface area contributed by atoms with E-state index in [1.165, 1.54) is 5.69 Å². The van der Waals surface area contributed by atoms with E-state index in [4.69, 9.17) is 5.26 Å². The molecule has 0 spiro atoms. The summed E-state index contributed by atoms with van der Waals surface area (Å²) in [7, 11) is 2.17. The molecule has 0 radical (unpaired) electrons. The molecule has 0 saturated carbocycles. The summed E-state index contributed by atoms with van der Waals surface area (Å²) in [6, 6.07) is 18.0. The van der Waals surface area contributed by atoms with Crippen LogP contribution in [0.15, 0.2) is 60.9 Å². The molecule has 0 amide bonds. The minimum absolute atomic E-state index is 0.628. The van der Waals surface area contributed by atoms with Crippen molar-refractivity contribution in [2.75, 3.05) is 54.1 Å². The number of nitriles is 1. The van der Waals surface area contributed by atoms with Crippen LogP contribution in [-0.2, 0) is 6.54 Å². The van der Waals surface area contributed by atoms with Gasteiger partial charge in [0.1, 0.15) is 18.0 Å². The maximum atomic E-state index is 8.66. The Labute approximate surface area is 182 Å². The van der Waals surface area contributed by atoms with Crippen molar-refractivity contribution in [3.8, 4) is 6.19 Å². The van der Waals surface area contributed by atoms with Gasteiger partial charge in [0.2, 0.25) is 0 Å². The summed E-state index contributed by atoms with van der Waals surface area (Å²) in [6.07, 6.45) is 3.46. The highest BCUT2D eigenvalue weighted by Crippen LogP contribution is 2.22. The van der Waals surface area contributed by atoms with Gasteiger partial charge in [-0.3, -0.25) is 5.32 Å². The smallest absolute Gasteiger partial charge is 0.181 e. The summed E-state index contributed by atoms with van der Waals surface area (Å²) < 4.78 is 0. The molecule has 2 aromatic carbocycles. The maximum absolute atomic E-state index is 8.66. The summed E-state index contributed by atoms with van der Waals surface area (Å²) in [6.45, 7) is 4.93. The van der Waals surface area contributed by atoms with Crippen LogP contribution < -0.4 is 20.9 Å². The Morgan fingerprint density at radius 1 is 0.903 bits per heavy atom. The number of hydrogen-bond donors (Lipinski definition) is 3. The molecule has 1 fully saturated rings. The van der Waals surface area contributed by atoms with Crippen molar-refractivity contribution in [2.45, 2.75) is 6.54 Å². The Morgan fingerprint density at radius 3 is 2.29 bits per heavy atom. The van der Waals surface area contributed by atoms with Gasteiger partial charge < -0.3 is 20.4 Å². The van der Waals surface area contributed by atoms with Crippen molar-refractivity contribution in [1.82, 2.24) is 14.9 Å². The second-order valence-electron chi connectivity index (χ2n) is 7.54. The minimum Gasteiger partial charge on any atom is -0.369 e. The largest absolute Gasteiger partial charge is 0.369 e. The molecule has 4 rings (SSSR count). The first kappa shape index (κ1) is 20.4. The van der Waals surface area contributed by atoms with E-state index in [9.17, 15) is 0 Å². The van der Waals surface area contributed by atoms with Crippen LogP contribution in [0.2, 0.25) is 0 Å². The van der Waals surface area contributed by atoms with Gasteiger partial charge >= 0.3 is 0 Å². The topological polar surface area (TPSA) is 92.1 Å². The van der Waals surface area contributed by atoms with Gasteiger partial charge in [-0.15, -0.1) is 0 Å². The van der Waals surface area contributed by atoms with Crippen molar-refractivity contribution >= 4 is 28.7 Å². The van der Waals surface area contributed by atoms with Gasteiger partial charge in [-0.05, 0) is 49.0 Å². The monoisotopic (exact) mass is 414 g/mol. The fourth-order valence-corrected chi connectivity index (χ4v) is 3.45. The molecule has 0 atom stereocenters. The molecule has 0 aliphatic carbocycles. The second kappa shape index (κ2) is 9.78. The van der Waals surface area contributed by atoms with E-state index in [-0.39, 0.29) is 0 Å². The first-order chi connectivity index (χ1) is 15.2. The number of anilines is 5. The number of nitrogens with one attached hydrogen (secondary N) is 3. The molecule has 158 valence electrons. The number of nitrogens with zero attached hydrogens (tertiary/aromatic N) is 5. The lowest BCUT2D eigenvalue weighted by atomic mass is 10.2.